The number of hydrogen-bond donors (Lipinski definition) is 1. The SMILES string of the molecule is CCCCCCCCCCCC[N+](CCCC)(CCCC)CCCCS(=O)(=O)O. The van der Waals surface area contributed by atoms with Gasteiger partial charge in [-0.3, -0.25) is 4.55 Å². The molecule has 0 saturated heterocycles. The Balaban J connectivity index is 4.33. The third kappa shape index (κ3) is 18.4. The van der Waals surface area contributed by atoms with Crippen molar-refractivity contribution in [3.05, 3.63) is 0 Å². The molecular formula is C24H52NO3S+. The van der Waals surface area contributed by atoms with Crippen LogP contribution in [0.15, 0.2) is 0 Å². The zero-order valence-electron chi connectivity index (χ0n) is 20.0. The monoisotopic (exact) mass is 434 g/mol. The summed E-state index contributed by atoms with van der Waals surface area (Å²) in [5.41, 5.74) is 0. The van der Waals surface area contributed by atoms with E-state index in [0.717, 1.165) is 17.4 Å². The van der Waals surface area contributed by atoms with Crippen LogP contribution >= 0.6 is 0 Å². The molecule has 0 heterocycles. The zero-order valence-corrected chi connectivity index (χ0v) is 20.8. The van der Waals surface area contributed by atoms with Gasteiger partial charge in [0.2, 0.25) is 0 Å². The molecule has 0 fully saturated rings. The van der Waals surface area contributed by atoms with Crippen molar-refractivity contribution in [3.8, 4) is 0 Å². The summed E-state index contributed by atoms with van der Waals surface area (Å²) in [4.78, 5) is 0. The van der Waals surface area contributed by atoms with Crippen molar-refractivity contribution in [2.75, 3.05) is 31.9 Å². The topological polar surface area (TPSA) is 54.4 Å². The van der Waals surface area contributed by atoms with Crippen LogP contribution in [0.2, 0.25) is 0 Å². The van der Waals surface area contributed by atoms with E-state index in [1.54, 1.807) is 0 Å². The standard InChI is InChI=1S/C24H51NO3S/c1-4-7-10-11-12-13-14-15-16-17-22-25(20-8-5-2,21-9-6-3)23-18-19-24-29(26,27)28/h4-24H2,1-3H3/p+1. The van der Waals surface area contributed by atoms with Crippen LogP contribution in [-0.2, 0) is 10.1 Å². The van der Waals surface area contributed by atoms with Gasteiger partial charge in [-0.1, -0.05) is 85.0 Å². The van der Waals surface area contributed by atoms with E-state index >= 15 is 0 Å². The van der Waals surface area contributed by atoms with Crippen molar-refractivity contribution in [2.45, 2.75) is 124 Å². The lowest BCUT2D eigenvalue weighted by Crippen LogP contribution is -2.50. The third-order valence-corrected chi connectivity index (χ3v) is 7.05. The highest BCUT2D eigenvalue weighted by Gasteiger charge is 2.25. The minimum Gasteiger partial charge on any atom is -0.324 e. The lowest BCUT2D eigenvalue weighted by atomic mass is 10.1. The number of unbranched alkanes of at least 4 members (excludes halogenated alkanes) is 12. The average molecular weight is 435 g/mol. The number of hydrogen-bond acceptors (Lipinski definition) is 2. The zero-order chi connectivity index (χ0) is 21.8. The summed E-state index contributed by atoms with van der Waals surface area (Å²) in [5, 5.41) is 0. The van der Waals surface area contributed by atoms with Gasteiger partial charge in [-0.2, -0.15) is 8.42 Å². The van der Waals surface area contributed by atoms with E-state index in [9.17, 15) is 8.42 Å². The second kappa shape index (κ2) is 18.6. The molecule has 0 radical (unpaired) electrons. The van der Waals surface area contributed by atoms with Crippen LogP contribution in [0.1, 0.15) is 124 Å². The summed E-state index contributed by atoms with van der Waals surface area (Å²) < 4.78 is 32.2. The van der Waals surface area contributed by atoms with E-state index in [-0.39, 0.29) is 5.75 Å². The predicted molar refractivity (Wildman–Crippen MR) is 127 cm³/mol. The largest absolute Gasteiger partial charge is 0.324 e. The molecule has 0 bridgehead atoms. The Morgan fingerprint density at radius 3 is 1.28 bits per heavy atom. The minimum absolute atomic E-state index is 0.0905. The molecule has 5 heteroatoms. The highest BCUT2D eigenvalue weighted by Crippen LogP contribution is 2.18. The molecule has 0 aliphatic heterocycles. The van der Waals surface area contributed by atoms with Gasteiger partial charge in [0.1, 0.15) is 0 Å². The summed E-state index contributed by atoms with van der Waals surface area (Å²) >= 11 is 0. The molecular weight excluding hydrogens is 382 g/mol. The maximum atomic E-state index is 11.0. The fraction of sp³-hybridized carbons (Fsp3) is 1.00. The Kier molecular flexibility index (Phi) is 18.5. The third-order valence-electron chi connectivity index (χ3n) is 6.24. The van der Waals surface area contributed by atoms with Gasteiger partial charge in [0, 0.05) is 0 Å². The molecule has 0 aromatic rings. The van der Waals surface area contributed by atoms with Crippen molar-refractivity contribution >= 4 is 10.1 Å². The van der Waals surface area contributed by atoms with Crippen LogP contribution in [0.4, 0.5) is 0 Å². The van der Waals surface area contributed by atoms with Gasteiger partial charge in [-0.15, -0.1) is 0 Å². The fourth-order valence-electron chi connectivity index (χ4n) is 4.32. The van der Waals surface area contributed by atoms with Crippen LogP contribution in [0.3, 0.4) is 0 Å². The second-order valence-corrected chi connectivity index (χ2v) is 10.7. The molecule has 176 valence electrons. The van der Waals surface area contributed by atoms with Crippen molar-refractivity contribution in [1.82, 2.24) is 0 Å². The second-order valence-electron chi connectivity index (χ2n) is 9.12. The van der Waals surface area contributed by atoms with Crippen molar-refractivity contribution < 1.29 is 17.5 Å². The van der Waals surface area contributed by atoms with Gasteiger partial charge in [-0.05, 0) is 38.5 Å². The Hall–Kier alpha value is -0.130. The molecule has 0 rings (SSSR count). The lowest BCUT2D eigenvalue weighted by Gasteiger charge is -2.39. The predicted octanol–water partition coefficient (Wildman–Crippen LogP) is 6.99. The highest BCUT2D eigenvalue weighted by atomic mass is 32.2. The maximum absolute atomic E-state index is 11.0. The first-order valence-electron chi connectivity index (χ1n) is 12.7. The molecule has 29 heavy (non-hydrogen) atoms. The first-order chi connectivity index (χ1) is 13.9. The van der Waals surface area contributed by atoms with E-state index < -0.39 is 10.1 Å². The Morgan fingerprint density at radius 1 is 0.517 bits per heavy atom. The van der Waals surface area contributed by atoms with E-state index in [1.165, 1.54) is 110 Å². The average Bonchev–Trinajstić information content (AvgIpc) is 2.68. The van der Waals surface area contributed by atoms with Crippen molar-refractivity contribution in [3.63, 3.8) is 0 Å². The molecule has 0 aliphatic carbocycles. The summed E-state index contributed by atoms with van der Waals surface area (Å²) in [7, 11) is -3.82. The molecule has 0 aliphatic rings. The molecule has 0 aromatic carbocycles. The van der Waals surface area contributed by atoms with E-state index in [4.69, 9.17) is 4.55 Å². The normalized spacial score (nSPS) is 12.6. The van der Waals surface area contributed by atoms with Gasteiger partial charge in [0.15, 0.2) is 0 Å². The van der Waals surface area contributed by atoms with Crippen molar-refractivity contribution in [2.24, 2.45) is 0 Å². The fourth-order valence-corrected chi connectivity index (χ4v) is 4.89. The summed E-state index contributed by atoms with van der Waals surface area (Å²) in [6.07, 6.45) is 20.1. The van der Waals surface area contributed by atoms with Gasteiger partial charge >= 0.3 is 0 Å². The van der Waals surface area contributed by atoms with Gasteiger partial charge in [0.25, 0.3) is 10.1 Å². The molecule has 1 N–H and O–H groups in total. The quantitative estimate of drug-likeness (QED) is 0.113. The molecule has 0 amide bonds. The van der Waals surface area contributed by atoms with E-state index in [0.29, 0.717) is 6.42 Å². The lowest BCUT2D eigenvalue weighted by molar-refractivity contribution is -0.929. The van der Waals surface area contributed by atoms with E-state index in [1.807, 2.05) is 0 Å². The molecule has 0 unspecified atom stereocenters. The smallest absolute Gasteiger partial charge is 0.264 e. The van der Waals surface area contributed by atoms with Crippen molar-refractivity contribution in [1.29, 1.82) is 0 Å². The molecule has 4 nitrogen and oxygen atoms in total. The first-order valence-corrected chi connectivity index (χ1v) is 14.3. The molecule has 0 aromatic heterocycles. The van der Waals surface area contributed by atoms with Crippen LogP contribution in [0, 0.1) is 0 Å². The number of nitrogens with zero attached hydrogens (tertiary/aromatic N) is 1. The summed E-state index contributed by atoms with van der Waals surface area (Å²) in [6.45, 7) is 11.5. The van der Waals surface area contributed by atoms with Crippen LogP contribution in [0.25, 0.3) is 0 Å². The first kappa shape index (κ1) is 28.9. The molecule has 0 atom stereocenters. The van der Waals surface area contributed by atoms with Crippen LogP contribution in [-0.4, -0.2) is 49.4 Å². The van der Waals surface area contributed by atoms with Gasteiger partial charge in [-0.25, -0.2) is 0 Å². The summed E-state index contributed by atoms with van der Waals surface area (Å²) in [6, 6.07) is 0. The molecule has 0 spiro atoms. The van der Waals surface area contributed by atoms with Gasteiger partial charge < -0.3 is 4.48 Å². The van der Waals surface area contributed by atoms with Crippen LogP contribution < -0.4 is 0 Å². The Bertz CT molecular complexity index is 443. The van der Waals surface area contributed by atoms with Gasteiger partial charge in [0.05, 0.1) is 31.9 Å². The highest BCUT2D eigenvalue weighted by molar-refractivity contribution is 7.85. The number of rotatable bonds is 22. The minimum atomic E-state index is -3.82. The van der Waals surface area contributed by atoms with E-state index in [2.05, 4.69) is 20.8 Å². The summed E-state index contributed by atoms with van der Waals surface area (Å²) in [5.74, 6) is -0.0905. The molecule has 0 saturated carbocycles. The maximum Gasteiger partial charge on any atom is 0.264 e. The Labute approximate surface area is 183 Å². The number of quaternary nitrogens is 1. The Morgan fingerprint density at radius 2 is 0.862 bits per heavy atom. The van der Waals surface area contributed by atoms with Crippen LogP contribution in [0.5, 0.6) is 0 Å².